The number of aliphatic hydroxyl groups excluding tert-OH is 1. The number of nitrogens with one attached hydrogen (secondary N) is 1. The summed E-state index contributed by atoms with van der Waals surface area (Å²) in [5.41, 5.74) is 0.529. The summed E-state index contributed by atoms with van der Waals surface area (Å²) in [5, 5.41) is 15.2. The van der Waals surface area contributed by atoms with Gasteiger partial charge in [-0.25, -0.2) is 0 Å². The van der Waals surface area contributed by atoms with E-state index in [1.165, 1.54) is 6.42 Å². The minimum Gasteiger partial charge on any atom is -0.386 e. The Kier molecular flexibility index (Phi) is 3.14. The molecule has 2 unspecified atom stereocenters. The summed E-state index contributed by atoms with van der Waals surface area (Å²) in [5.74, 6) is 0.799. The normalized spacial score (nSPS) is 25.1. The summed E-state index contributed by atoms with van der Waals surface area (Å²) >= 11 is 1.62. The highest BCUT2D eigenvalue weighted by atomic mass is 32.1. The van der Waals surface area contributed by atoms with Gasteiger partial charge in [-0.2, -0.15) is 0 Å². The summed E-state index contributed by atoms with van der Waals surface area (Å²) in [7, 11) is 0. The Morgan fingerprint density at radius 2 is 2.40 bits per heavy atom. The molecular weight excluding hydrogens is 206 g/mol. The van der Waals surface area contributed by atoms with Crippen molar-refractivity contribution in [2.75, 3.05) is 13.1 Å². The third kappa shape index (κ3) is 2.80. The van der Waals surface area contributed by atoms with Crippen molar-refractivity contribution in [2.24, 2.45) is 11.3 Å². The van der Waals surface area contributed by atoms with E-state index in [0.717, 1.165) is 17.3 Å². The molecule has 1 aliphatic carbocycles. The third-order valence-corrected chi connectivity index (χ3v) is 4.29. The summed E-state index contributed by atoms with van der Waals surface area (Å²) in [6, 6.07) is 3.96. The van der Waals surface area contributed by atoms with Gasteiger partial charge in [0.2, 0.25) is 0 Å². The van der Waals surface area contributed by atoms with Gasteiger partial charge in [-0.15, -0.1) is 11.3 Å². The lowest BCUT2D eigenvalue weighted by atomic mass is 10.1. The molecule has 2 atom stereocenters. The molecule has 0 saturated heterocycles. The summed E-state index contributed by atoms with van der Waals surface area (Å²) < 4.78 is 0. The Hall–Kier alpha value is -0.380. The van der Waals surface area contributed by atoms with Gasteiger partial charge in [0, 0.05) is 11.4 Å². The van der Waals surface area contributed by atoms with E-state index in [1.54, 1.807) is 11.3 Å². The fourth-order valence-corrected chi connectivity index (χ4v) is 2.61. The molecule has 0 radical (unpaired) electrons. The Morgan fingerprint density at radius 1 is 1.67 bits per heavy atom. The highest BCUT2D eigenvalue weighted by molar-refractivity contribution is 7.10. The highest BCUT2D eigenvalue weighted by Crippen LogP contribution is 2.50. The van der Waals surface area contributed by atoms with Crippen molar-refractivity contribution in [3.8, 4) is 0 Å². The molecule has 0 aliphatic heterocycles. The lowest BCUT2D eigenvalue weighted by Gasteiger charge is -2.10. The molecule has 0 amide bonds. The van der Waals surface area contributed by atoms with Gasteiger partial charge < -0.3 is 10.4 Å². The van der Waals surface area contributed by atoms with Gasteiger partial charge in [0.15, 0.2) is 0 Å². The van der Waals surface area contributed by atoms with Crippen molar-refractivity contribution in [3.63, 3.8) is 0 Å². The molecule has 1 fully saturated rings. The van der Waals surface area contributed by atoms with Crippen molar-refractivity contribution in [3.05, 3.63) is 22.4 Å². The zero-order chi connectivity index (χ0) is 10.9. The Bertz CT molecular complexity index is 307. The molecule has 1 aromatic heterocycles. The van der Waals surface area contributed by atoms with E-state index in [-0.39, 0.29) is 6.10 Å². The van der Waals surface area contributed by atoms with E-state index in [9.17, 15) is 5.11 Å². The molecule has 84 valence electrons. The van der Waals surface area contributed by atoms with E-state index < -0.39 is 0 Å². The second-order valence-electron chi connectivity index (χ2n) is 5.08. The maximum atomic E-state index is 9.82. The van der Waals surface area contributed by atoms with Gasteiger partial charge in [0.05, 0.1) is 0 Å². The second-order valence-corrected chi connectivity index (χ2v) is 6.06. The van der Waals surface area contributed by atoms with Gasteiger partial charge in [-0.1, -0.05) is 19.9 Å². The molecule has 2 nitrogen and oxygen atoms in total. The highest BCUT2D eigenvalue weighted by Gasteiger charge is 2.44. The number of hydrogen-bond acceptors (Lipinski definition) is 3. The number of hydrogen-bond donors (Lipinski definition) is 2. The zero-order valence-corrected chi connectivity index (χ0v) is 10.2. The van der Waals surface area contributed by atoms with Gasteiger partial charge in [-0.3, -0.25) is 0 Å². The quantitative estimate of drug-likeness (QED) is 0.806. The SMILES string of the molecule is CC1(C)CC1CNCC(O)c1cccs1. The fourth-order valence-electron chi connectivity index (χ4n) is 1.90. The van der Waals surface area contributed by atoms with Crippen LogP contribution in [-0.4, -0.2) is 18.2 Å². The Morgan fingerprint density at radius 3 is 2.93 bits per heavy atom. The molecule has 1 saturated carbocycles. The lowest BCUT2D eigenvalue weighted by molar-refractivity contribution is 0.177. The molecule has 1 aliphatic rings. The van der Waals surface area contributed by atoms with Crippen LogP contribution in [0.5, 0.6) is 0 Å². The smallest absolute Gasteiger partial charge is 0.101 e. The van der Waals surface area contributed by atoms with Crippen molar-refractivity contribution in [1.82, 2.24) is 5.32 Å². The summed E-state index contributed by atoms with van der Waals surface area (Å²) in [4.78, 5) is 1.05. The fraction of sp³-hybridized carbons (Fsp3) is 0.667. The molecule has 1 heterocycles. The molecule has 0 bridgehead atoms. The minimum atomic E-state index is -0.341. The molecule has 2 rings (SSSR count). The average molecular weight is 225 g/mol. The molecule has 3 heteroatoms. The molecule has 15 heavy (non-hydrogen) atoms. The largest absolute Gasteiger partial charge is 0.386 e. The summed E-state index contributed by atoms with van der Waals surface area (Å²) in [6.07, 6.45) is 0.974. The predicted octanol–water partition coefficient (Wildman–Crippen LogP) is 2.42. The van der Waals surface area contributed by atoms with E-state index in [0.29, 0.717) is 12.0 Å². The van der Waals surface area contributed by atoms with Gasteiger partial charge in [-0.05, 0) is 35.7 Å². The van der Waals surface area contributed by atoms with E-state index >= 15 is 0 Å². The zero-order valence-electron chi connectivity index (χ0n) is 9.36. The molecule has 1 aromatic rings. The van der Waals surface area contributed by atoms with E-state index in [4.69, 9.17) is 0 Å². The van der Waals surface area contributed by atoms with Gasteiger partial charge >= 0.3 is 0 Å². The van der Waals surface area contributed by atoms with Gasteiger partial charge in [0.25, 0.3) is 0 Å². The summed E-state index contributed by atoms with van der Waals surface area (Å²) in [6.45, 7) is 6.31. The average Bonchev–Trinajstić information content (AvgIpc) is 2.68. The molecule has 0 aromatic carbocycles. The Balaban J connectivity index is 1.66. The molecule has 2 N–H and O–H groups in total. The first kappa shape index (κ1) is 11.1. The second kappa shape index (κ2) is 4.24. The van der Waals surface area contributed by atoms with Crippen LogP contribution in [0.25, 0.3) is 0 Å². The van der Waals surface area contributed by atoms with Crippen LogP contribution in [0.2, 0.25) is 0 Å². The Labute approximate surface area is 95.3 Å². The number of aliphatic hydroxyl groups is 1. The van der Waals surface area contributed by atoms with Crippen LogP contribution in [0.4, 0.5) is 0 Å². The number of thiophene rings is 1. The minimum absolute atomic E-state index is 0.341. The topological polar surface area (TPSA) is 32.3 Å². The first-order valence-corrected chi connectivity index (χ1v) is 6.40. The maximum absolute atomic E-state index is 9.82. The molecular formula is C12H19NOS. The van der Waals surface area contributed by atoms with E-state index in [1.807, 2.05) is 17.5 Å². The van der Waals surface area contributed by atoms with Crippen LogP contribution in [0.1, 0.15) is 31.2 Å². The van der Waals surface area contributed by atoms with Crippen molar-refractivity contribution in [1.29, 1.82) is 0 Å². The standard InChI is InChI=1S/C12H19NOS/c1-12(2)6-9(12)7-13-8-10(14)11-4-3-5-15-11/h3-5,9-10,13-14H,6-8H2,1-2H3. The van der Waals surface area contributed by atoms with E-state index in [2.05, 4.69) is 19.2 Å². The van der Waals surface area contributed by atoms with Crippen LogP contribution < -0.4 is 5.32 Å². The van der Waals surface area contributed by atoms with Crippen molar-refractivity contribution < 1.29 is 5.11 Å². The third-order valence-electron chi connectivity index (χ3n) is 3.32. The van der Waals surface area contributed by atoms with Gasteiger partial charge in [0.1, 0.15) is 6.10 Å². The number of rotatable bonds is 5. The molecule has 0 spiro atoms. The predicted molar refractivity (Wildman–Crippen MR) is 64.0 cm³/mol. The first-order valence-electron chi connectivity index (χ1n) is 5.52. The lowest BCUT2D eigenvalue weighted by Crippen LogP contribution is -2.24. The first-order chi connectivity index (χ1) is 7.09. The van der Waals surface area contributed by atoms with Crippen molar-refractivity contribution >= 4 is 11.3 Å². The van der Waals surface area contributed by atoms with Crippen LogP contribution in [0.15, 0.2) is 17.5 Å². The van der Waals surface area contributed by atoms with Crippen LogP contribution in [-0.2, 0) is 0 Å². The maximum Gasteiger partial charge on any atom is 0.101 e. The van der Waals surface area contributed by atoms with Crippen LogP contribution >= 0.6 is 11.3 Å². The monoisotopic (exact) mass is 225 g/mol. The van der Waals surface area contributed by atoms with Crippen LogP contribution in [0.3, 0.4) is 0 Å². The van der Waals surface area contributed by atoms with Crippen molar-refractivity contribution in [2.45, 2.75) is 26.4 Å². The van der Waals surface area contributed by atoms with Crippen LogP contribution in [0, 0.1) is 11.3 Å².